The maximum absolute atomic E-state index is 13.3. The second-order valence-electron chi connectivity index (χ2n) is 7.01. The van der Waals surface area contributed by atoms with Gasteiger partial charge in [-0.15, -0.1) is 0 Å². The Morgan fingerprint density at radius 1 is 1.22 bits per heavy atom. The van der Waals surface area contributed by atoms with Gasteiger partial charge in [0.15, 0.2) is 11.6 Å². The number of aromatic hydroxyl groups is 1. The summed E-state index contributed by atoms with van der Waals surface area (Å²) in [4.78, 5) is 11.8. The molecule has 0 atom stereocenters. The topological polar surface area (TPSA) is 70.6 Å². The van der Waals surface area contributed by atoms with Gasteiger partial charge in [-0.1, -0.05) is 0 Å². The van der Waals surface area contributed by atoms with E-state index in [9.17, 15) is 14.3 Å². The lowest BCUT2D eigenvalue weighted by atomic mass is 9.91. The third-order valence-corrected chi connectivity index (χ3v) is 3.77. The summed E-state index contributed by atoms with van der Waals surface area (Å²) in [6, 6.07) is 4.63. The van der Waals surface area contributed by atoms with Crippen LogP contribution in [0.1, 0.15) is 46.5 Å². The highest BCUT2D eigenvalue weighted by molar-refractivity contribution is 5.68. The lowest BCUT2D eigenvalue weighted by molar-refractivity contribution is 0.0492. The number of halogens is 1. The molecule has 0 aromatic heterocycles. The molecule has 0 unspecified atom stereocenters. The zero-order valence-electron chi connectivity index (χ0n) is 13.9. The standard InChI is InChI=1S/C17H25FN2O3/c1-17(2,3)23-16(22)20-12-6-4-11(5-7-12)19-13-8-9-15(21)14(18)10-13/h8-12,19,21H,4-7H2,1-3H3,(H,20,22). The van der Waals surface area contributed by atoms with Crippen molar-refractivity contribution >= 4 is 11.8 Å². The van der Waals surface area contributed by atoms with Gasteiger partial charge in [-0.2, -0.15) is 0 Å². The Morgan fingerprint density at radius 2 is 1.83 bits per heavy atom. The van der Waals surface area contributed by atoms with Crippen molar-refractivity contribution in [2.45, 2.75) is 64.1 Å². The van der Waals surface area contributed by atoms with Crippen molar-refractivity contribution in [3.8, 4) is 5.75 Å². The van der Waals surface area contributed by atoms with Crippen molar-refractivity contribution in [1.82, 2.24) is 5.32 Å². The molecular formula is C17H25FN2O3. The van der Waals surface area contributed by atoms with E-state index >= 15 is 0 Å². The molecule has 3 N–H and O–H groups in total. The minimum atomic E-state index is -0.629. The average molecular weight is 324 g/mol. The van der Waals surface area contributed by atoms with Crippen LogP contribution in [-0.4, -0.2) is 28.9 Å². The summed E-state index contributed by atoms with van der Waals surface area (Å²) in [6.45, 7) is 5.51. The van der Waals surface area contributed by atoms with Gasteiger partial charge in [0.1, 0.15) is 5.60 Å². The summed E-state index contributed by atoms with van der Waals surface area (Å²) in [5, 5.41) is 15.4. The molecule has 0 bridgehead atoms. The molecule has 5 nitrogen and oxygen atoms in total. The van der Waals surface area contributed by atoms with Crippen LogP contribution in [0.15, 0.2) is 18.2 Å². The molecule has 0 spiro atoms. The summed E-state index contributed by atoms with van der Waals surface area (Å²) in [7, 11) is 0. The Bertz CT molecular complexity index is 549. The second kappa shape index (κ2) is 7.06. The third kappa shape index (κ3) is 5.62. The number of benzene rings is 1. The lowest BCUT2D eigenvalue weighted by Crippen LogP contribution is -2.42. The molecule has 1 fully saturated rings. The van der Waals surface area contributed by atoms with Gasteiger partial charge in [0.25, 0.3) is 0 Å². The first-order chi connectivity index (χ1) is 10.7. The Morgan fingerprint density at radius 3 is 2.39 bits per heavy atom. The minimum absolute atomic E-state index is 0.111. The molecule has 0 heterocycles. The smallest absolute Gasteiger partial charge is 0.407 e. The number of phenolic OH excluding ortho intramolecular Hbond substituents is 1. The number of hydrogen-bond donors (Lipinski definition) is 3. The van der Waals surface area contributed by atoms with Crippen LogP contribution in [0.5, 0.6) is 5.75 Å². The SMILES string of the molecule is CC(C)(C)OC(=O)NC1CCC(Nc2ccc(O)c(F)c2)CC1. The quantitative estimate of drug-likeness (QED) is 0.740. The van der Waals surface area contributed by atoms with E-state index in [-0.39, 0.29) is 23.9 Å². The fraction of sp³-hybridized carbons (Fsp3) is 0.588. The molecule has 128 valence electrons. The molecule has 1 amide bonds. The Balaban J connectivity index is 1.77. The Labute approximate surface area is 136 Å². The first kappa shape index (κ1) is 17.4. The first-order valence-corrected chi connectivity index (χ1v) is 7.97. The van der Waals surface area contributed by atoms with Crippen LogP contribution in [-0.2, 0) is 4.74 Å². The van der Waals surface area contributed by atoms with Crippen molar-refractivity contribution in [3.05, 3.63) is 24.0 Å². The Hall–Kier alpha value is -1.98. The van der Waals surface area contributed by atoms with E-state index in [0.29, 0.717) is 5.69 Å². The van der Waals surface area contributed by atoms with Crippen LogP contribution in [0.3, 0.4) is 0 Å². The van der Waals surface area contributed by atoms with Crippen LogP contribution >= 0.6 is 0 Å². The molecule has 1 aromatic carbocycles. The van der Waals surface area contributed by atoms with Crippen molar-refractivity contribution in [2.75, 3.05) is 5.32 Å². The van der Waals surface area contributed by atoms with Crippen LogP contribution in [0.25, 0.3) is 0 Å². The highest BCUT2D eigenvalue weighted by atomic mass is 19.1. The molecule has 2 rings (SSSR count). The molecule has 1 aliphatic rings. The van der Waals surface area contributed by atoms with Gasteiger partial charge in [0.05, 0.1) is 0 Å². The van der Waals surface area contributed by atoms with E-state index in [2.05, 4.69) is 10.6 Å². The summed E-state index contributed by atoms with van der Waals surface area (Å²) in [5.74, 6) is -0.976. The number of rotatable bonds is 3. The van der Waals surface area contributed by atoms with Crippen LogP contribution in [0.4, 0.5) is 14.9 Å². The summed E-state index contributed by atoms with van der Waals surface area (Å²) in [6.07, 6.45) is 3.07. The molecular weight excluding hydrogens is 299 g/mol. The van der Waals surface area contributed by atoms with Gasteiger partial charge in [-0.05, 0) is 58.6 Å². The van der Waals surface area contributed by atoms with Gasteiger partial charge in [0.2, 0.25) is 0 Å². The van der Waals surface area contributed by atoms with Gasteiger partial charge in [-0.3, -0.25) is 0 Å². The van der Waals surface area contributed by atoms with E-state index < -0.39 is 11.4 Å². The summed E-state index contributed by atoms with van der Waals surface area (Å²) < 4.78 is 18.6. The number of carbonyl (C=O) groups excluding carboxylic acids is 1. The number of phenols is 1. The van der Waals surface area contributed by atoms with Gasteiger partial charge >= 0.3 is 6.09 Å². The molecule has 0 aliphatic heterocycles. The maximum Gasteiger partial charge on any atom is 0.407 e. The third-order valence-electron chi connectivity index (χ3n) is 3.77. The highest BCUT2D eigenvalue weighted by Crippen LogP contribution is 2.25. The first-order valence-electron chi connectivity index (χ1n) is 7.97. The van der Waals surface area contributed by atoms with E-state index in [1.54, 1.807) is 6.07 Å². The molecule has 23 heavy (non-hydrogen) atoms. The number of amides is 1. The van der Waals surface area contributed by atoms with Crippen molar-refractivity contribution < 1.29 is 19.0 Å². The summed E-state index contributed by atoms with van der Waals surface area (Å²) in [5.41, 5.74) is 0.162. The molecule has 6 heteroatoms. The van der Waals surface area contributed by atoms with Gasteiger partial charge in [0, 0.05) is 23.8 Å². The normalized spacial score (nSPS) is 21.6. The number of carbonyl (C=O) groups is 1. The van der Waals surface area contributed by atoms with E-state index in [1.165, 1.54) is 12.1 Å². The number of ether oxygens (including phenoxy) is 1. The zero-order chi connectivity index (χ0) is 17.0. The largest absolute Gasteiger partial charge is 0.505 e. The molecule has 1 aliphatic carbocycles. The van der Waals surface area contributed by atoms with Crippen molar-refractivity contribution in [2.24, 2.45) is 0 Å². The fourth-order valence-corrected chi connectivity index (χ4v) is 2.69. The van der Waals surface area contributed by atoms with E-state index in [1.807, 2.05) is 20.8 Å². The van der Waals surface area contributed by atoms with E-state index in [4.69, 9.17) is 4.74 Å². The molecule has 0 radical (unpaired) electrons. The number of nitrogens with one attached hydrogen (secondary N) is 2. The number of alkyl carbamates (subject to hydrolysis) is 1. The highest BCUT2D eigenvalue weighted by Gasteiger charge is 2.24. The maximum atomic E-state index is 13.3. The predicted octanol–water partition coefficient (Wildman–Crippen LogP) is 3.78. The van der Waals surface area contributed by atoms with Crippen LogP contribution in [0.2, 0.25) is 0 Å². The second-order valence-corrected chi connectivity index (χ2v) is 7.01. The Kier molecular flexibility index (Phi) is 5.34. The fourth-order valence-electron chi connectivity index (χ4n) is 2.69. The van der Waals surface area contributed by atoms with Crippen molar-refractivity contribution in [1.29, 1.82) is 0 Å². The monoisotopic (exact) mass is 324 g/mol. The summed E-state index contributed by atoms with van der Waals surface area (Å²) >= 11 is 0. The average Bonchev–Trinajstić information content (AvgIpc) is 2.43. The van der Waals surface area contributed by atoms with Gasteiger partial charge in [-0.25, -0.2) is 9.18 Å². The lowest BCUT2D eigenvalue weighted by Gasteiger charge is -2.31. The zero-order valence-corrected chi connectivity index (χ0v) is 13.9. The molecule has 0 saturated heterocycles. The molecule has 1 aromatic rings. The number of anilines is 1. The van der Waals surface area contributed by atoms with Crippen LogP contribution in [0, 0.1) is 5.82 Å². The predicted molar refractivity (Wildman–Crippen MR) is 87.1 cm³/mol. The van der Waals surface area contributed by atoms with Crippen molar-refractivity contribution in [3.63, 3.8) is 0 Å². The number of hydrogen-bond acceptors (Lipinski definition) is 4. The van der Waals surface area contributed by atoms with Gasteiger partial charge < -0.3 is 20.5 Å². The molecule has 1 saturated carbocycles. The van der Waals surface area contributed by atoms with Crippen LogP contribution < -0.4 is 10.6 Å². The van der Waals surface area contributed by atoms with E-state index in [0.717, 1.165) is 25.7 Å². The minimum Gasteiger partial charge on any atom is -0.505 e.